The highest BCUT2D eigenvalue weighted by Crippen LogP contribution is 2.24. The molecule has 3 N–H and O–H groups in total. The van der Waals surface area contributed by atoms with Crippen LogP contribution in [-0.4, -0.2) is 12.6 Å². The van der Waals surface area contributed by atoms with Crippen LogP contribution >= 0.6 is 15.9 Å². The first-order valence-electron chi connectivity index (χ1n) is 5.14. The van der Waals surface area contributed by atoms with Crippen LogP contribution in [0.5, 0.6) is 0 Å². The van der Waals surface area contributed by atoms with E-state index < -0.39 is 0 Å². The molecule has 0 aliphatic rings. The fourth-order valence-corrected chi connectivity index (χ4v) is 2.05. The molecule has 0 aromatic heterocycles. The van der Waals surface area contributed by atoms with Gasteiger partial charge >= 0.3 is 0 Å². The van der Waals surface area contributed by atoms with Gasteiger partial charge in [-0.25, -0.2) is 0 Å². The largest absolute Gasteiger partial charge is 0.325 e. The standard InChI is InChI=1S/C12H19BrN2/c1-12(2,14)8-11(15-3)9-5-4-6-10(13)7-9/h4-7,11,15H,8,14H2,1-3H3. The van der Waals surface area contributed by atoms with Crippen LogP contribution in [0, 0.1) is 0 Å². The summed E-state index contributed by atoms with van der Waals surface area (Å²) in [5.41, 5.74) is 7.15. The molecule has 0 saturated heterocycles. The lowest BCUT2D eigenvalue weighted by molar-refractivity contribution is 0.396. The van der Waals surface area contributed by atoms with Crippen LogP contribution < -0.4 is 11.1 Å². The van der Waals surface area contributed by atoms with Crippen molar-refractivity contribution in [3.05, 3.63) is 34.3 Å². The molecule has 0 saturated carbocycles. The number of nitrogens with one attached hydrogen (secondary N) is 1. The summed E-state index contributed by atoms with van der Waals surface area (Å²) in [4.78, 5) is 0. The maximum atomic E-state index is 6.04. The number of rotatable bonds is 4. The highest BCUT2D eigenvalue weighted by molar-refractivity contribution is 9.10. The molecule has 0 aliphatic carbocycles. The van der Waals surface area contributed by atoms with Gasteiger partial charge in [-0.1, -0.05) is 28.1 Å². The number of benzene rings is 1. The van der Waals surface area contributed by atoms with Crippen molar-refractivity contribution in [3.63, 3.8) is 0 Å². The summed E-state index contributed by atoms with van der Waals surface area (Å²) >= 11 is 3.48. The summed E-state index contributed by atoms with van der Waals surface area (Å²) in [5.74, 6) is 0. The van der Waals surface area contributed by atoms with E-state index in [1.807, 2.05) is 19.2 Å². The van der Waals surface area contributed by atoms with Crippen LogP contribution in [-0.2, 0) is 0 Å². The minimum atomic E-state index is -0.157. The van der Waals surface area contributed by atoms with Gasteiger partial charge in [-0.05, 0) is 45.0 Å². The fourth-order valence-electron chi connectivity index (χ4n) is 1.64. The average Bonchev–Trinajstić information content (AvgIpc) is 2.13. The second-order valence-corrected chi connectivity index (χ2v) is 5.50. The first kappa shape index (κ1) is 12.7. The molecule has 1 atom stereocenters. The van der Waals surface area contributed by atoms with Gasteiger partial charge in [-0.3, -0.25) is 0 Å². The van der Waals surface area contributed by atoms with E-state index in [2.05, 4.69) is 47.2 Å². The molecule has 0 fully saturated rings. The third-order valence-electron chi connectivity index (χ3n) is 2.33. The first-order chi connectivity index (χ1) is 6.92. The maximum absolute atomic E-state index is 6.04. The summed E-state index contributed by atoms with van der Waals surface area (Å²) in [7, 11) is 1.97. The molecule has 2 nitrogen and oxygen atoms in total. The number of hydrogen-bond donors (Lipinski definition) is 2. The number of hydrogen-bond acceptors (Lipinski definition) is 2. The van der Waals surface area contributed by atoms with Crippen LogP contribution in [0.15, 0.2) is 28.7 Å². The predicted molar refractivity (Wildman–Crippen MR) is 68.8 cm³/mol. The zero-order chi connectivity index (χ0) is 11.5. The minimum Gasteiger partial charge on any atom is -0.325 e. The van der Waals surface area contributed by atoms with E-state index in [0.717, 1.165) is 10.9 Å². The second-order valence-electron chi connectivity index (χ2n) is 4.59. The Labute approximate surface area is 100 Å². The van der Waals surface area contributed by atoms with Gasteiger partial charge in [0.2, 0.25) is 0 Å². The average molecular weight is 271 g/mol. The highest BCUT2D eigenvalue weighted by atomic mass is 79.9. The smallest absolute Gasteiger partial charge is 0.0335 e. The Hall–Kier alpha value is -0.380. The quantitative estimate of drug-likeness (QED) is 0.883. The maximum Gasteiger partial charge on any atom is 0.0335 e. The van der Waals surface area contributed by atoms with Gasteiger partial charge < -0.3 is 11.1 Å². The molecule has 0 amide bonds. The van der Waals surface area contributed by atoms with E-state index in [-0.39, 0.29) is 5.54 Å². The summed E-state index contributed by atoms with van der Waals surface area (Å²) in [6.45, 7) is 4.10. The van der Waals surface area contributed by atoms with Crippen LogP contribution in [0.1, 0.15) is 31.9 Å². The Morgan fingerprint density at radius 1 is 1.47 bits per heavy atom. The Morgan fingerprint density at radius 2 is 2.13 bits per heavy atom. The Kier molecular flexibility index (Phi) is 4.32. The molecular formula is C12H19BrN2. The van der Waals surface area contributed by atoms with E-state index in [4.69, 9.17) is 5.73 Å². The van der Waals surface area contributed by atoms with Crippen molar-refractivity contribution in [2.45, 2.75) is 31.8 Å². The van der Waals surface area contributed by atoms with Crippen LogP contribution in [0.25, 0.3) is 0 Å². The van der Waals surface area contributed by atoms with E-state index in [1.54, 1.807) is 0 Å². The highest BCUT2D eigenvalue weighted by Gasteiger charge is 2.19. The zero-order valence-electron chi connectivity index (χ0n) is 9.55. The molecule has 15 heavy (non-hydrogen) atoms. The van der Waals surface area contributed by atoms with Gasteiger partial charge in [0.25, 0.3) is 0 Å². The zero-order valence-corrected chi connectivity index (χ0v) is 11.1. The van der Waals surface area contributed by atoms with Crippen molar-refractivity contribution in [1.82, 2.24) is 5.32 Å². The minimum absolute atomic E-state index is 0.157. The second kappa shape index (κ2) is 5.10. The van der Waals surface area contributed by atoms with Gasteiger partial charge in [-0.15, -0.1) is 0 Å². The third kappa shape index (κ3) is 4.33. The van der Waals surface area contributed by atoms with Crippen molar-refractivity contribution < 1.29 is 0 Å². The Balaban J connectivity index is 2.83. The van der Waals surface area contributed by atoms with Crippen LogP contribution in [0.4, 0.5) is 0 Å². The van der Waals surface area contributed by atoms with Gasteiger partial charge in [0.05, 0.1) is 0 Å². The first-order valence-corrected chi connectivity index (χ1v) is 5.93. The van der Waals surface area contributed by atoms with Crippen molar-refractivity contribution in [2.75, 3.05) is 7.05 Å². The van der Waals surface area contributed by atoms with E-state index in [0.29, 0.717) is 6.04 Å². The monoisotopic (exact) mass is 270 g/mol. The summed E-state index contributed by atoms with van der Waals surface area (Å²) < 4.78 is 1.11. The van der Waals surface area contributed by atoms with Crippen molar-refractivity contribution in [3.8, 4) is 0 Å². The Bertz CT molecular complexity index is 318. The van der Waals surface area contributed by atoms with Gasteiger partial charge in [0, 0.05) is 16.1 Å². The van der Waals surface area contributed by atoms with E-state index in [1.165, 1.54) is 5.56 Å². The Morgan fingerprint density at radius 3 is 2.60 bits per heavy atom. The molecule has 0 spiro atoms. The molecule has 1 rings (SSSR count). The van der Waals surface area contributed by atoms with Crippen LogP contribution in [0.2, 0.25) is 0 Å². The molecule has 1 aromatic carbocycles. The normalized spacial score (nSPS) is 13.9. The van der Waals surface area contributed by atoms with Crippen molar-refractivity contribution >= 4 is 15.9 Å². The summed E-state index contributed by atoms with van der Waals surface area (Å²) in [5, 5.41) is 3.30. The molecule has 0 bridgehead atoms. The fraction of sp³-hybridized carbons (Fsp3) is 0.500. The molecule has 84 valence electrons. The van der Waals surface area contributed by atoms with Gasteiger partial charge in [0.1, 0.15) is 0 Å². The molecule has 3 heteroatoms. The molecular weight excluding hydrogens is 252 g/mol. The van der Waals surface area contributed by atoms with Gasteiger partial charge in [0.15, 0.2) is 0 Å². The predicted octanol–water partition coefficient (Wildman–Crippen LogP) is 2.84. The van der Waals surface area contributed by atoms with E-state index in [9.17, 15) is 0 Å². The molecule has 0 heterocycles. The molecule has 0 radical (unpaired) electrons. The summed E-state index contributed by atoms with van der Waals surface area (Å²) in [6.07, 6.45) is 0.917. The number of halogens is 1. The van der Waals surface area contributed by atoms with Crippen molar-refractivity contribution in [1.29, 1.82) is 0 Å². The lowest BCUT2D eigenvalue weighted by Gasteiger charge is -2.26. The number of nitrogens with two attached hydrogens (primary N) is 1. The lowest BCUT2D eigenvalue weighted by atomic mass is 9.92. The lowest BCUT2D eigenvalue weighted by Crippen LogP contribution is -2.36. The topological polar surface area (TPSA) is 38.0 Å². The van der Waals surface area contributed by atoms with Gasteiger partial charge in [-0.2, -0.15) is 0 Å². The molecule has 1 unspecified atom stereocenters. The third-order valence-corrected chi connectivity index (χ3v) is 2.82. The molecule has 0 aliphatic heterocycles. The summed E-state index contributed by atoms with van der Waals surface area (Å²) in [6, 6.07) is 8.64. The van der Waals surface area contributed by atoms with E-state index >= 15 is 0 Å². The van der Waals surface area contributed by atoms with Crippen molar-refractivity contribution in [2.24, 2.45) is 5.73 Å². The molecule has 1 aromatic rings. The van der Waals surface area contributed by atoms with Crippen LogP contribution in [0.3, 0.4) is 0 Å². The SMILES string of the molecule is CNC(CC(C)(C)N)c1cccc(Br)c1.